The second-order valence-corrected chi connectivity index (χ2v) is 10.8. The van der Waals surface area contributed by atoms with E-state index in [0.29, 0.717) is 12.0 Å². The van der Waals surface area contributed by atoms with Gasteiger partial charge in [0, 0.05) is 43.8 Å². The number of allylic oxidation sites excluding steroid dienone is 1. The van der Waals surface area contributed by atoms with Crippen LogP contribution in [0.1, 0.15) is 46.5 Å². The summed E-state index contributed by atoms with van der Waals surface area (Å²) < 4.78 is 11.3. The van der Waals surface area contributed by atoms with Crippen LogP contribution in [0.15, 0.2) is 35.9 Å². The minimum absolute atomic E-state index is 0.0223. The normalized spacial score (nSPS) is 37.4. The molecule has 0 unspecified atom stereocenters. The lowest BCUT2D eigenvalue weighted by Crippen LogP contribution is -2.53. The summed E-state index contributed by atoms with van der Waals surface area (Å²) in [5.74, 6) is 1.78. The van der Waals surface area contributed by atoms with Crippen molar-refractivity contribution >= 4 is 11.7 Å². The van der Waals surface area contributed by atoms with E-state index in [2.05, 4.69) is 48.8 Å². The predicted molar refractivity (Wildman–Crippen MR) is 127 cm³/mol. The van der Waals surface area contributed by atoms with Gasteiger partial charge in [-0.15, -0.1) is 0 Å². The Morgan fingerprint density at radius 2 is 1.97 bits per heavy atom. The third kappa shape index (κ3) is 3.83. The highest BCUT2D eigenvalue weighted by Gasteiger charge is 2.52. The molecule has 0 aromatic heterocycles. The van der Waals surface area contributed by atoms with E-state index in [1.165, 1.54) is 24.9 Å². The first kappa shape index (κ1) is 21.8. The highest BCUT2D eigenvalue weighted by atomic mass is 16.6. The van der Waals surface area contributed by atoms with Crippen LogP contribution in [0.4, 0.5) is 5.69 Å². The predicted octanol–water partition coefficient (Wildman–Crippen LogP) is 4.52. The molecule has 174 valence electrons. The number of piperazine rings is 1. The molecule has 32 heavy (non-hydrogen) atoms. The maximum atomic E-state index is 12.9. The van der Waals surface area contributed by atoms with Crippen LogP contribution in [-0.2, 0) is 9.53 Å². The van der Waals surface area contributed by atoms with E-state index in [0.717, 1.165) is 38.3 Å². The molecule has 0 amide bonds. The van der Waals surface area contributed by atoms with Gasteiger partial charge in [0.25, 0.3) is 0 Å². The molecule has 0 bridgehead atoms. The molecule has 6 atom stereocenters. The van der Waals surface area contributed by atoms with Crippen LogP contribution in [0.2, 0.25) is 0 Å². The molecule has 1 aromatic rings. The van der Waals surface area contributed by atoms with E-state index >= 15 is 0 Å². The third-order valence-electron chi connectivity index (χ3n) is 8.65. The van der Waals surface area contributed by atoms with Gasteiger partial charge in [-0.25, -0.2) is 0 Å². The molecule has 0 spiro atoms. The molecule has 2 heterocycles. The van der Waals surface area contributed by atoms with Crippen LogP contribution < -0.4 is 9.64 Å². The van der Waals surface area contributed by atoms with Gasteiger partial charge in [0.1, 0.15) is 11.9 Å². The molecule has 2 aliphatic heterocycles. The molecule has 4 aliphatic rings. The summed E-state index contributed by atoms with van der Waals surface area (Å²) in [7, 11) is 1.70. The van der Waals surface area contributed by atoms with Gasteiger partial charge in [0.05, 0.1) is 13.0 Å². The molecule has 1 aromatic carbocycles. The lowest BCUT2D eigenvalue weighted by Gasteiger charge is -2.46. The number of rotatable bonds is 4. The van der Waals surface area contributed by atoms with Crippen molar-refractivity contribution < 1.29 is 14.3 Å². The number of anilines is 1. The van der Waals surface area contributed by atoms with Crippen molar-refractivity contribution in [2.75, 3.05) is 38.2 Å². The van der Waals surface area contributed by atoms with E-state index in [1.54, 1.807) is 12.7 Å². The van der Waals surface area contributed by atoms with Crippen molar-refractivity contribution in [3.63, 3.8) is 0 Å². The summed E-state index contributed by atoms with van der Waals surface area (Å²) in [6, 6.07) is 8.73. The second-order valence-electron chi connectivity index (χ2n) is 10.8. The highest BCUT2D eigenvalue weighted by molar-refractivity contribution is 5.76. The highest BCUT2D eigenvalue weighted by Crippen LogP contribution is 2.54. The van der Waals surface area contributed by atoms with Crippen molar-refractivity contribution in [2.45, 2.75) is 58.6 Å². The maximum Gasteiger partial charge on any atom is 0.311 e. The smallest absolute Gasteiger partial charge is 0.311 e. The summed E-state index contributed by atoms with van der Waals surface area (Å²) in [5, 5.41) is 0. The van der Waals surface area contributed by atoms with Crippen molar-refractivity contribution in [1.29, 1.82) is 0 Å². The fourth-order valence-corrected chi connectivity index (χ4v) is 6.89. The van der Waals surface area contributed by atoms with Crippen LogP contribution in [0.25, 0.3) is 0 Å². The average Bonchev–Trinajstić information content (AvgIpc) is 3.06. The maximum absolute atomic E-state index is 12.9. The number of hydrogen-bond acceptors (Lipinski definition) is 5. The van der Waals surface area contributed by atoms with Gasteiger partial charge in [-0.2, -0.15) is 0 Å². The molecule has 3 fully saturated rings. The minimum Gasteiger partial charge on any atom is -0.497 e. The Labute approximate surface area is 192 Å². The Kier molecular flexibility index (Phi) is 5.73. The molecular weight excluding hydrogens is 400 g/mol. The molecule has 0 N–H and O–H groups in total. The van der Waals surface area contributed by atoms with E-state index in [4.69, 9.17) is 9.47 Å². The average molecular weight is 439 g/mol. The topological polar surface area (TPSA) is 42.0 Å². The minimum atomic E-state index is -0.0223. The Morgan fingerprint density at radius 1 is 1.19 bits per heavy atom. The van der Waals surface area contributed by atoms with Gasteiger partial charge in [-0.3, -0.25) is 9.69 Å². The summed E-state index contributed by atoms with van der Waals surface area (Å²) in [5.41, 5.74) is 3.07. The molecule has 1 saturated carbocycles. The first-order valence-corrected chi connectivity index (χ1v) is 12.4. The van der Waals surface area contributed by atoms with Crippen LogP contribution in [-0.4, -0.2) is 56.3 Å². The number of benzene rings is 1. The van der Waals surface area contributed by atoms with Gasteiger partial charge in [0.2, 0.25) is 0 Å². The number of esters is 1. The number of carbonyl (C=O) groups is 1. The zero-order chi connectivity index (χ0) is 22.5. The Hall–Kier alpha value is -2.01. The summed E-state index contributed by atoms with van der Waals surface area (Å²) in [4.78, 5) is 17.9. The van der Waals surface area contributed by atoms with Gasteiger partial charge in [0.15, 0.2) is 0 Å². The summed E-state index contributed by atoms with van der Waals surface area (Å²) >= 11 is 0. The van der Waals surface area contributed by atoms with Crippen LogP contribution in [0, 0.1) is 23.2 Å². The number of methoxy groups -OCH3 is 1. The van der Waals surface area contributed by atoms with Crippen molar-refractivity contribution in [3.05, 3.63) is 35.9 Å². The van der Waals surface area contributed by atoms with E-state index < -0.39 is 0 Å². The molecule has 5 heteroatoms. The fraction of sp³-hybridized carbons (Fsp3) is 0.667. The van der Waals surface area contributed by atoms with Crippen molar-refractivity contribution in [3.8, 4) is 5.75 Å². The zero-order valence-electron chi connectivity index (χ0n) is 20.0. The number of carbonyl (C=O) groups excluding carboxylic acids is 1. The lowest BCUT2D eigenvalue weighted by molar-refractivity contribution is -0.145. The lowest BCUT2D eigenvalue weighted by atomic mass is 9.59. The van der Waals surface area contributed by atoms with Crippen LogP contribution in [0.5, 0.6) is 5.75 Å². The van der Waals surface area contributed by atoms with Gasteiger partial charge >= 0.3 is 5.97 Å². The molecular formula is C27H38N2O3. The molecule has 2 saturated heterocycles. The van der Waals surface area contributed by atoms with E-state index in [9.17, 15) is 4.79 Å². The largest absolute Gasteiger partial charge is 0.497 e. The third-order valence-corrected chi connectivity index (χ3v) is 8.65. The van der Waals surface area contributed by atoms with Crippen molar-refractivity contribution in [1.82, 2.24) is 4.90 Å². The van der Waals surface area contributed by atoms with Crippen LogP contribution >= 0.6 is 0 Å². The quantitative estimate of drug-likeness (QED) is 0.511. The first-order valence-electron chi connectivity index (χ1n) is 12.4. The Balaban J connectivity index is 1.27. The molecule has 0 radical (unpaired) electrons. The number of fused-ring (bicyclic) bond motifs is 2. The van der Waals surface area contributed by atoms with Gasteiger partial charge in [-0.1, -0.05) is 31.9 Å². The monoisotopic (exact) mass is 438 g/mol. The summed E-state index contributed by atoms with van der Waals surface area (Å²) in [6.45, 7) is 10.8. The Bertz CT molecular complexity index is 881. The van der Waals surface area contributed by atoms with E-state index in [1.807, 2.05) is 12.1 Å². The summed E-state index contributed by atoms with van der Waals surface area (Å²) in [6.07, 6.45) is 7.37. The number of hydrogen-bond donors (Lipinski definition) is 0. The zero-order valence-corrected chi connectivity index (χ0v) is 20.0. The van der Waals surface area contributed by atoms with Gasteiger partial charge in [-0.05, 0) is 61.8 Å². The second kappa shape index (κ2) is 8.40. The molecule has 5 nitrogen and oxygen atoms in total. The standard InChI is InChI=1S/C27H38N2O3/c1-18-6-5-11-27(3)15-25-22(14-24(18)27)23(26(30)32-25)17-28-12-13-29(19(2)16-28)20-7-9-21(31-4)10-8-20/h7-10,14,18-19,22-23,25H,5-6,11-13,15-17H2,1-4H3/t18-,19+,22+,23+,25+,27+/m0/s1. The Morgan fingerprint density at radius 3 is 2.69 bits per heavy atom. The van der Waals surface area contributed by atoms with Gasteiger partial charge < -0.3 is 14.4 Å². The first-order chi connectivity index (χ1) is 15.4. The molecule has 5 rings (SSSR count). The number of nitrogens with zero attached hydrogens (tertiary/aromatic N) is 2. The number of ether oxygens (including phenoxy) is 2. The fourth-order valence-electron chi connectivity index (χ4n) is 6.89. The SMILES string of the molecule is COc1ccc(N2CCN(C[C@H]3C(=O)O[C@@H]4C[C@@]5(C)CCC[C@H](C)C5=C[C@@H]43)C[C@H]2C)cc1. The molecule has 2 aliphatic carbocycles. The van der Waals surface area contributed by atoms with Crippen LogP contribution in [0.3, 0.4) is 0 Å². The van der Waals surface area contributed by atoms with E-state index in [-0.39, 0.29) is 29.3 Å². The van der Waals surface area contributed by atoms with Crippen molar-refractivity contribution in [2.24, 2.45) is 23.2 Å².